The maximum absolute atomic E-state index is 5.52. The van der Waals surface area contributed by atoms with Gasteiger partial charge in [0.25, 0.3) is 0 Å². The molecule has 0 bridgehead atoms. The maximum Gasteiger partial charge on any atom is 0.324 e. The van der Waals surface area contributed by atoms with E-state index in [9.17, 15) is 0 Å². The molecule has 23 heavy (non-hydrogen) atoms. The Morgan fingerprint density at radius 3 is 1.74 bits per heavy atom. The van der Waals surface area contributed by atoms with Crippen molar-refractivity contribution in [3.05, 3.63) is 49.6 Å². The van der Waals surface area contributed by atoms with Crippen LogP contribution in [0.15, 0.2) is 49.6 Å². The highest BCUT2D eigenvalue weighted by atomic mass is 16.5. The van der Waals surface area contributed by atoms with Gasteiger partial charge in [-0.2, -0.15) is 9.97 Å². The molecule has 0 aliphatic carbocycles. The average Bonchev–Trinajstić information content (AvgIpc) is 2.55. The molecule has 0 amide bonds. The number of nitrogens with zero attached hydrogens (tertiary/aromatic N) is 4. The second-order valence-corrected chi connectivity index (χ2v) is 4.44. The van der Waals surface area contributed by atoms with Crippen molar-refractivity contribution >= 4 is 5.95 Å². The molecule has 0 atom stereocenters. The summed E-state index contributed by atoms with van der Waals surface area (Å²) in [5, 5.41) is 0. The van der Waals surface area contributed by atoms with E-state index in [0.717, 1.165) is 0 Å². The van der Waals surface area contributed by atoms with Crippen molar-refractivity contribution < 1.29 is 9.47 Å². The van der Waals surface area contributed by atoms with Gasteiger partial charge in [-0.1, -0.05) is 36.5 Å². The van der Waals surface area contributed by atoms with Crippen LogP contribution in [0.2, 0.25) is 0 Å². The topological polar surface area (TPSA) is 60.4 Å². The van der Waals surface area contributed by atoms with E-state index >= 15 is 0 Å². The van der Waals surface area contributed by atoms with Gasteiger partial charge in [-0.3, -0.25) is 0 Å². The van der Waals surface area contributed by atoms with Gasteiger partial charge >= 0.3 is 12.0 Å². The van der Waals surface area contributed by atoms with E-state index in [1.165, 1.54) is 0 Å². The first-order valence-electron chi connectivity index (χ1n) is 7.45. The number of hydrogen-bond donors (Lipinski definition) is 0. The lowest BCUT2D eigenvalue weighted by Crippen LogP contribution is -2.26. The van der Waals surface area contributed by atoms with Crippen LogP contribution in [0.1, 0.15) is 13.8 Å². The second kappa shape index (κ2) is 11.0. The molecule has 0 N–H and O–H groups in total. The molecule has 1 rings (SSSR count). The summed E-state index contributed by atoms with van der Waals surface area (Å²) in [4.78, 5) is 14.7. The van der Waals surface area contributed by atoms with E-state index < -0.39 is 0 Å². The van der Waals surface area contributed by atoms with Gasteiger partial charge in [0.15, 0.2) is 0 Å². The lowest BCUT2D eigenvalue weighted by atomic mass is 10.5. The maximum atomic E-state index is 5.52. The number of rotatable bonds is 11. The SMILES string of the molecule is C=CCN(CC=C)c1nc(OCC=CC)nc(OCC=CC)n1. The third-order valence-electron chi connectivity index (χ3n) is 2.65. The van der Waals surface area contributed by atoms with E-state index in [0.29, 0.717) is 32.3 Å². The van der Waals surface area contributed by atoms with Crippen LogP contribution in [0.5, 0.6) is 12.0 Å². The van der Waals surface area contributed by atoms with Crippen LogP contribution in [0.25, 0.3) is 0 Å². The monoisotopic (exact) mass is 316 g/mol. The van der Waals surface area contributed by atoms with Crippen LogP contribution in [-0.4, -0.2) is 41.3 Å². The summed E-state index contributed by atoms with van der Waals surface area (Å²) < 4.78 is 11.0. The molecule has 0 spiro atoms. The number of aromatic nitrogens is 3. The number of allylic oxidation sites excluding steroid dienone is 2. The smallest absolute Gasteiger partial charge is 0.324 e. The highest BCUT2D eigenvalue weighted by Crippen LogP contribution is 2.16. The van der Waals surface area contributed by atoms with E-state index in [1.807, 2.05) is 43.1 Å². The van der Waals surface area contributed by atoms with Crippen LogP contribution in [0, 0.1) is 0 Å². The van der Waals surface area contributed by atoms with Crippen molar-refractivity contribution in [1.29, 1.82) is 0 Å². The molecular formula is C17H24N4O2. The van der Waals surface area contributed by atoms with Crippen molar-refractivity contribution in [2.24, 2.45) is 0 Å². The van der Waals surface area contributed by atoms with E-state index in [2.05, 4.69) is 28.1 Å². The molecule has 0 saturated heterocycles. The first-order valence-corrected chi connectivity index (χ1v) is 7.45. The minimum Gasteiger partial charge on any atom is -0.459 e. The van der Waals surface area contributed by atoms with E-state index in [1.54, 1.807) is 12.2 Å². The quantitative estimate of drug-likeness (QED) is 0.585. The summed E-state index contributed by atoms with van der Waals surface area (Å²) in [6.45, 7) is 13.3. The third kappa shape index (κ3) is 6.78. The Labute approximate surface area is 137 Å². The van der Waals surface area contributed by atoms with Crippen molar-refractivity contribution in [2.75, 3.05) is 31.2 Å². The normalized spacial score (nSPS) is 10.9. The molecule has 6 heteroatoms. The summed E-state index contributed by atoms with van der Waals surface area (Å²) in [6.07, 6.45) is 11.1. The summed E-state index contributed by atoms with van der Waals surface area (Å²) in [6, 6.07) is 0.448. The van der Waals surface area contributed by atoms with Crippen LogP contribution < -0.4 is 14.4 Å². The minimum atomic E-state index is 0.224. The molecule has 124 valence electrons. The number of ether oxygens (including phenoxy) is 2. The fourth-order valence-corrected chi connectivity index (χ4v) is 1.59. The molecule has 0 saturated carbocycles. The predicted molar refractivity (Wildman–Crippen MR) is 93.1 cm³/mol. The molecule has 6 nitrogen and oxygen atoms in total. The molecule has 0 unspecified atom stereocenters. The molecule has 0 aliphatic rings. The Morgan fingerprint density at radius 2 is 1.35 bits per heavy atom. The fraction of sp³-hybridized carbons (Fsp3) is 0.353. The van der Waals surface area contributed by atoms with Gasteiger partial charge in [-0.15, -0.1) is 18.1 Å². The summed E-state index contributed by atoms with van der Waals surface area (Å²) in [7, 11) is 0. The molecule has 1 aromatic rings. The zero-order valence-electron chi connectivity index (χ0n) is 13.8. The van der Waals surface area contributed by atoms with Crippen molar-refractivity contribution in [2.45, 2.75) is 13.8 Å². The lowest BCUT2D eigenvalue weighted by molar-refractivity contribution is 0.297. The van der Waals surface area contributed by atoms with Gasteiger partial charge in [0, 0.05) is 13.1 Å². The Bertz CT molecular complexity index is 511. The zero-order chi connectivity index (χ0) is 16.9. The van der Waals surface area contributed by atoms with E-state index in [4.69, 9.17) is 9.47 Å². The summed E-state index contributed by atoms with van der Waals surface area (Å²) in [5.74, 6) is 0.464. The largest absolute Gasteiger partial charge is 0.459 e. The predicted octanol–water partition coefficient (Wildman–Crippen LogP) is 2.96. The first kappa shape index (κ1) is 18.4. The Morgan fingerprint density at radius 1 is 0.870 bits per heavy atom. The molecule has 0 aliphatic heterocycles. The van der Waals surface area contributed by atoms with Gasteiger partial charge in [0.05, 0.1) is 0 Å². The van der Waals surface area contributed by atoms with Crippen LogP contribution in [0.3, 0.4) is 0 Å². The van der Waals surface area contributed by atoms with Crippen LogP contribution >= 0.6 is 0 Å². The highest BCUT2D eigenvalue weighted by Gasteiger charge is 2.13. The molecule has 1 aromatic heterocycles. The zero-order valence-corrected chi connectivity index (χ0v) is 13.8. The van der Waals surface area contributed by atoms with E-state index in [-0.39, 0.29) is 12.0 Å². The molecular weight excluding hydrogens is 292 g/mol. The first-order chi connectivity index (χ1) is 11.2. The average molecular weight is 316 g/mol. The van der Waals surface area contributed by atoms with Crippen molar-refractivity contribution in [3.63, 3.8) is 0 Å². The number of hydrogen-bond acceptors (Lipinski definition) is 6. The minimum absolute atomic E-state index is 0.224. The highest BCUT2D eigenvalue weighted by molar-refractivity contribution is 5.34. The molecule has 0 fully saturated rings. The standard InChI is InChI=1S/C17H24N4O2/c1-5-9-13-22-16-18-15(21(11-7-3)12-8-4)19-17(20-16)23-14-10-6-2/h5-10H,3-4,11-14H2,1-2H3. The Hall–Kier alpha value is -2.63. The summed E-state index contributed by atoms with van der Waals surface area (Å²) in [5.41, 5.74) is 0. The molecule has 0 aromatic carbocycles. The van der Waals surface area contributed by atoms with Crippen LogP contribution in [-0.2, 0) is 0 Å². The van der Waals surface area contributed by atoms with Gasteiger partial charge in [-0.25, -0.2) is 0 Å². The lowest BCUT2D eigenvalue weighted by Gasteiger charge is -2.19. The van der Waals surface area contributed by atoms with Crippen molar-refractivity contribution in [3.8, 4) is 12.0 Å². The van der Waals surface area contributed by atoms with Crippen LogP contribution in [0.4, 0.5) is 5.95 Å². The summed E-state index contributed by atoms with van der Waals surface area (Å²) >= 11 is 0. The molecule has 0 radical (unpaired) electrons. The van der Waals surface area contributed by atoms with Gasteiger partial charge < -0.3 is 14.4 Å². The second-order valence-electron chi connectivity index (χ2n) is 4.44. The molecule has 1 heterocycles. The third-order valence-corrected chi connectivity index (χ3v) is 2.65. The van der Waals surface area contributed by atoms with Gasteiger partial charge in [0.2, 0.25) is 5.95 Å². The van der Waals surface area contributed by atoms with Crippen molar-refractivity contribution in [1.82, 2.24) is 15.0 Å². The Balaban J connectivity index is 3.03. The fourth-order valence-electron chi connectivity index (χ4n) is 1.59. The van der Waals surface area contributed by atoms with Gasteiger partial charge in [0.1, 0.15) is 13.2 Å². The Kier molecular flexibility index (Phi) is 8.81. The van der Waals surface area contributed by atoms with Gasteiger partial charge in [-0.05, 0) is 13.8 Å². The number of anilines is 1.